The van der Waals surface area contributed by atoms with Gasteiger partial charge in [0, 0.05) is 11.8 Å². The molecule has 2 N–H and O–H groups in total. The van der Waals surface area contributed by atoms with Crippen LogP contribution in [0.1, 0.15) is 66.2 Å². The Morgan fingerprint density at radius 2 is 1.82 bits per heavy atom. The van der Waals surface area contributed by atoms with E-state index in [-0.39, 0.29) is 30.6 Å². The number of carbonyl (C=O) groups is 2. The van der Waals surface area contributed by atoms with Crippen LogP contribution >= 0.6 is 0 Å². The summed E-state index contributed by atoms with van der Waals surface area (Å²) >= 11 is 0. The van der Waals surface area contributed by atoms with Gasteiger partial charge in [-0.15, -0.1) is 0 Å². The Balaban J connectivity index is 1.88. The monoisotopic (exact) mass is 400 g/mol. The molecule has 3 rings (SSSR count). The zero-order valence-electron chi connectivity index (χ0n) is 17.1. The largest absolute Gasteiger partial charge is 0.481 e. The molecule has 3 aliphatic rings. The third-order valence-electron chi connectivity index (χ3n) is 6.90. The van der Waals surface area contributed by atoms with E-state index in [1.807, 2.05) is 20.8 Å². The van der Waals surface area contributed by atoms with Gasteiger partial charge >= 0.3 is 11.9 Å². The van der Waals surface area contributed by atoms with Crippen LogP contribution in [0.15, 0.2) is 0 Å². The molecule has 0 aromatic carbocycles. The van der Waals surface area contributed by atoms with Crippen molar-refractivity contribution in [2.45, 2.75) is 90.0 Å². The highest BCUT2D eigenvalue weighted by Gasteiger charge is 2.66. The van der Waals surface area contributed by atoms with E-state index in [0.717, 1.165) is 25.7 Å². The van der Waals surface area contributed by atoms with Gasteiger partial charge in [0.1, 0.15) is 0 Å². The molecule has 8 nitrogen and oxygen atoms in total. The lowest BCUT2D eigenvalue weighted by Gasteiger charge is -2.57. The number of hydrogen-bond acceptors (Lipinski definition) is 7. The molecule has 0 radical (unpaired) electrons. The molecule has 2 saturated heterocycles. The first-order valence-electron chi connectivity index (χ1n) is 10.2. The summed E-state index contributed by atoms with van der Waals surface area (Å²) in [6, 6.07) is 0. The van der Waals surface area contributed by atoms with Gasteiger partial charge in [0.05, 0.1) is 18.4 Å². The molecule has 1 aliphatic carbocycles. The number of aliphatic carboxylic acids is 1. The topological polar surface area (TPSA) is 112 Å². The van der Waals surface area contributed by atoms with E-state index in [1.165, 1.54) is 0 Å². The lowest BCUT2D eigenvalue weighted by Crippen LogP contribution is -2.68. The second kappa shape index (κ2) is 7.89. The van der Waals surface area contributed by atoms with E-state index < -0.39 is 35.7 Å². The molecule has 3 unspecified atom stereocenters. The Labute approximate surface area is 165 Å². The normalized spacial score (nSPS) is 42.2. The molecule has 0 amide bonds. The number of rotatable bonds is 5. The van der Waals surface area contributed by atoms with E-state index in [9.17, 15) is 14.8 Å². The zero-order chi connectivity index (χ0) is 20.7. The summed E-state index contributed by atoms with van der Waals surface area (Å²) in [5.74, 6) is -1.60. The van der Waals surface area contributed by atoms with E-state index in [0.29, 0.717) is 5.92 Å². The number of esters is 1. The molecule has 0 aromatic heterocycles. The number of carbonyl (C=O) groups excluding carboxylic acids is 1. The van der Waals surface area contributed by atoms with Crippen LogP contribution in [0.4, 0.5) is 0 Å². The fraction of sp³-hybridized carbons (Fsp3) is 0.900. The van der Waals surface area contributed by atoms with Crippen LogP contribution < -0.4 is 0 Å². The van der Waals surface area contributed by atoms with Crippen molar-refractivity contribution in [2.24, 2.45) is 23.7 Å². The predicted molar refractivity (Wildman–Crippen MR) is 97.0 cm³/mol. The van der Waals surface area contributed by atoms with E-state index in [2.05, 4.69) is 6.92 Å². The highest BCUT2D eigenvalue weighted by molar-refractivity contribution is 5.76. The Hall–Kier alpha value is -1.22. The highest BCUT2D eigenvalue weighted by atomic mass is 17.1. The van der Waals surface area contributed by atoms with Crippen molar-refractivity contribution in [3.05, 3.63) is 0 Å². The third-order valence-corrected chi connectivity index (χ3v) is 6.90. The Morgan fingerprint density at radius 3 is 2.46 bits per heavy atom. The molecule has 160 valence electrons. The molecular weight excluding hydrogens is 368 g/mol. The molecule has 0 spiro atoms. The van der Waals surface area contributed by atoms with Gasteiger partial charge in [-0.25, -0.2) is 4.89 Å². The van der Waals surface area contributed by atoms with Crippen molar-refractivity contribution in [3.8, 4) is 0 Å². The fourth-order valence-corrected chi connectivity index (χ4v) is 5.35. The minimum atomic E-state index is -1.06. The number of ether oxygens (including phenoxy) is 3. The van der Waals surface area contributed by atoms with Crippen molar-refractivity contribution in [1.29, 1.82) is 0 Å². The standard InChI is InChI=1S/C20H32O8/c1-11-5-6-14-12(2)17(25-16(23)8-7-15(21)22)26-18-20(14,28-24)13(11)9-10-19(3,4)27-18/h11-14,17-18,24H,5-10H2,1-4H3,(H,21,22)/t11-,12-,13?,14?,17-,18?,20-/m1/s1. The molecule has 0 bridgehead atoms. The second-order valence-electron chi connectivity index (χ2n) is 9.21. The van der Waals surface area contributed by atoms with Gasteiger partial charge in [-0.1, -0.05) is 13.8 Å². The van der Waals surface area contributed by atoms with Gasteiger partial charge < -0.3 is 19.3 Å². The van der Waals surface area contributed by atoms with Crippen LogP contribution in [0.25, 0.3) is 0 Å². The van der Waals surface area contributed by atoms with E-state index >= 15 is 0 Å². The fourth-order valence-electron chi connectivity index (χ4n) is 5.35. The molecule has 8 heteroatoms. The van der Waals surface area contributed by atoms with Crippen LogP contribution in [0, 0.1) is 23.7 Å². The van der Waals surface area contributed by atoms with Crippen molar-refractivity contribution in [3.63, 3.8) is 0 Å². The van der Waals surface area contributed by atoms with Crippen LogP contribution in [-0.4, -0.2) is 46.1 Å². The summed E-state index contributed by atoms with van der Waals surface area (Å²) in [5.41, 5.74) is -1.48. The Morgan fingerprint density at radius 1 is 1.11 bits per heavy atom. The summed E-state index contributed by atoms with van der Waals surface area (Å²) in [5, 5.41) is 18.9. The first-order chi connectivity index (χ1) is 13.1. The lowest BCUT2D eigenvalue weighted by atomic mass is 9.58. The zero-order valence-corrected chi connectivity index (χ0v) is 17.1. The smallest absolute Gasteiger partial charge is 0.308 e. The summed E-state index contributed by atoms with van der Waals surface area (Å²) in [7, 11) is 0. The molecule has 7 atom stereocenters. The van der Waals surface area contributed by atoms with Crippen LogP contribution in [-0.2, 0) is 28.7 Å². The number of hydrogen-bond donors (Lipinski definition) is 2. The van der Waals surface area contributed by atoms with Crippen molar-refractivity contribution >= 4 is 11.9 Å². The van der Waals surface area contributed by atoms with Gasteiger partial charge in [-0.3, -0.25) is 14.8 Å². The molecule has 2 aliphatic heterocycles. The summed E-state index contributed by atoms with van der Waals surface area (Å²) in [6.07, 6.45) is 1.18. The average molecular weight is 400 g/mol. The highest BCUT2D eigenvalue weighted by Crippen LogP contribution is 2.57. The average Bonchev–Trinajstić information content (AvgIpc) is 2.73. The Kier molecular flexibility index (Phi) is 6.06. The summed E-state index contributed by atoms with van der Waals surface area (Å²) in [6.45, 7) is 8.04. The first kappa shape index (κ1) is 21.5. The molecule has 3 fully saturated rings. The van der Waals surface area contributed by atoms with Gasteiger partial charge in [0.25, 0.3) is 0 Å². The minimum Gasteiger partial charge on any atom is -0.481 e. The quantitative estimate of drug-likeness (QED) is 0.411. The van der Waals surface area contributed by atoms with E-state index in [4.69, 9.17) is 24.2 Å². The second-order valence-corrected chi connectivity index (χ2v) is 9.21. The van der Waals surface area contributed by atoms with Gasteiger partial charge in [-0.2, -0.15) is 0 Å². The van der Waals surface area contributed by atoms with Crippen LogP contribution in [0.3, 0.4) is 0 Å². The first-order valence-corrected chi connectivity index (χ1v) is 10.2. The summed E-state index contributed by atoms with van der Waals surface area (Å²) in [4.78, 5) is 28.0. The maximum atomic E-state index is 12.1. The van der Waals surface area contributed by atoms with Crippen molar-refractivity contribution in [1.82, 2.24) is 0 Å². The van der Waals surface area contributed by atoms with E-state index in [1.54, 1.807) is 0 Å². The molecule has 1 saturated carbocycles. The lowest BCUT2D eigenvalue weighted by molar-refractivity contribution is -0.460. The van der Waals surface area contributed by atoms with Crippen molar-refractivity contribution in [2.75, 3.05) is 0 Å². The molecular formula is C20H32O8. The maximum absolute atomic E-state index is 12.1. The third kappa shape index (κ3) is 3.79. The number of carboxylic acids is 1. The van der Waals surface area contributed by atoms with Gasteiger partial charge in [-0.05, 0) is 51.4 Å². The van der Waals surface area contributed by atoms with Crippen LogP contribution in [0.2, 0.25) is 0 Å². The van der Waals surface area contributed by atoms with Crippen molar-refractivity contribution < 1.29 is 39.1 Å². The SMILES string of the molecule is C[C@@H]1CCC2[C@@H](C)[C@H](OC(=O)CCC(=O)O)OC3OC(C)(C)CCC1[C@]32OO. The minimum absolute atomic E-state index is 0.0640. The number of carboxylic acid groups (broad SMARTS) is 1. The molecule has 28 heavy (non-hydrogen) atoms. The summed E-state index contributed by atoms with van der Waals surface area (Å²) < 4.78 is 17.8. The maximum Gasteiger partial charge on any atom is 0.308 e. The van der Waals surface area contributed by atoms with Gasteiger partial charge in [0.2, 0.25) is 6.29 Å². The molecule has 2 heterocycles. The van der Waals surface area contributed by atoms with Gasteiger partial charge in [0.15, 0.2) is 11.9 Å². The molecule has 0 aromatic rings. The van der Waals surface area contributed by atoms with Crippen LogP contribution in [0.5, 0.6) is 0 Å². The Bertz CT molecular complexity index is 605. The predicted octanol–water partition coefficient (Wildman–Crippen LogP) is 3.19.